The van der Waals surface area contributed by atoms with Crippen LogP contribution in [0.25, 0.3) is 0 Å². The molecule has 0 spiro atoms. The van der Waals surface area contributed by atoms with Gasteiger partial charge in [0, 0.05) is 12.4 Å². The Morgan fingerprint density at radius 1 is 1.30 bits per heavy atom. The second-order valence-corrected chi connectivity index (χ2v) is 3.98. The van der Waals surface area contributed by atoms with Crippen LogP contribution in [0, 0.1) is 0 Å². The third-order valence-electron chi connectivity index (χ3n) is 2.52. The van der Waals surface area contributed by atoms with E-state index in [1.165, 1.54) is 0 Å². The molecule has 0 bridgehead atoms. The van der Waals surface area contributed by atoms with Gasteiger partial charge in [-0.1, -0.05) is 12.1 Å². The largest absolute Gasteiger partial charge is 0.490 e. The fourth-order valence-corrected chi connectivity index (χ4v) is 1.62. The van der Waals surface area contributed by atoms with E-state index in [4.69, 9.17) is 9.47 Å². The van der Waals surface area contributed by atoms with Crippen LogP contribution in [0.15, 0.2) is 36.7 Å². The maximum atomic E-state index is 11.7. The smallest absolute Gasteiger partial charge is 0.258 e. The number of nitrogens with zero attached hydrogens (tertiary/aromatic N) is 1. The first-order valence-corrected chi connectivity index (χ1v) is 6.39. The molecule has 1 aromatic heterocycles. The molecule has 0 unspecified atom stereocenters. The number of para-hydroxylation sites is 2. The summed E-state index contributed by atoms with van der Waals surface area (Å²) in [4.78, 5) is 18.6. The number of hydrogen-bond acceptors (Lipinski definition) is 4. The molecule has 106 valence electrons. The van der Waals surface area contributed by atoms with E-state index in [1.54, 1.807) is 24.5 Å². The average Bonchev–Trinajstić information content (AvgIpc) is 2.98. The fraction of sp³-hybridized carbons (Fsp3) is 0.286. The van der Waals surface area contributed by atoms with Crippen molar-refractivity contribution in [2.24, 2.45) is 0 Å². The molecular formula is C14H17N3O3. The minimum absolute atomic E-state index is 0.0647. The Labute approximate surface area is 117 Å². The lowest BCUT2D eigenvalue weighted by atomic mass is 10.3. The maximum Gasteiger partial charge on any atom is 0.258 e. The van der Waals surface area contributed by atoms with Crippen molar-refractivity contribution in [1.82, 2.24) is 15.3 Å². The Kier molecular flexibility index (Phi) is 5.00. The van der Waals surface area contributed by atoms with Gasteiger partial charge < -0.3 is 19.8 Å². The first-order valence-electron chi connectivity index (χ1n) is 6.39. The van der Waals surface area contributed by atoms with Gasteiger partial charge in [0.25, 0.3) is 5.91 Å². The summed E-state index contributed by atoms with van der Waals surface area (Å²) in [6.45, 7) is 2.73. The molecule has 20 heavy (non-hydrogen) atoms. The van der Waals surface area contributed by atoms with Crippen molar-refractivity contribution >= 4 is 5.91 Å². The molecule has 0 aliphatic rings. The van der Waals surface area contributed by atoms with Crippen LogP contribution in [0.4, 0.5) is 0 Å². The summed E-state index contributed by atoms with van der Waals surface area (Å²) in [6.07, 6.45) is 3.34. The van der Waals surface area contributed by atoms with E-state index in [9.17, 15) is 4.79 Å². The number of nitrogens with one attached hydrogen (secondary N) is 2. The highest BCUT2D eigenvalue weighted by atomic mass is 16.5. The number of imidazole rings is 1. The molecule has 0 saturated heterocycles. The Hall–Kier alpha value is -2.50. The molecule has 0 radical (unpaired) electrons. The second kappa shape index (κ2) is 7.18. The molecule has 0 atom stereocenters. The van der Waals surface area contributed by atoms with Crippen LogP contribution >= 0.6 is 0 Å². The number of aromatic nitrogens is 2. The van der Waals surface area contributed by atoms with Gasteiger partial charge >= 0.3 is 0 Å². The van der Waals surface area contributed by atoms with Gasteiger partial charge in [0.2, 0.25) is 0 Å². The van der Waals surface area contributed by atoms with Crippen molar-refractivity contribution in [3.63, 3.8) is 0 Å². The third kappa shape index (κ3) is 4.01. The van der Waals surface area contributed by atoms with Gasteiger partial charge in [-0.2, -0.15) is 0 Å². The van der Waals surface area contributed by atoms with E-state index >= 15 is 0 Å². The lowest BCUT2D eigenvalue weighted by Gasteiger charge is -2.11. The normalized spacial score (nSPS) is 10.1. The number of hydrogen-bond donors (Lipinski definition) is 2. The molecule has 0 aliphatic heterocycles. The quantitative estimate of drug-likeness (QED) is 0.803. The van der Waals surface area contributed by atoms with Crippen molar-refractivity contribution in [3.8, 4) is 11.5 Å². The molecule has 6 nitrogen and oxygen atoms in total. The molecule has 0 fully saturated rings. The number of amides is 1. The van der Waals surface area contributed by atoms with Gasteiger partial charge in [0.05, 0.1) is 13.2 Å². The maximum absolute atomic E-state index is 11.7. The molecule has 2 rings (SSSR count). The Morgan fingerprint density at radius 3 is 2.70 bits per heavy atom. The van der Waals surface area contributed by atoms with Gasteiger partial charge in [-0.05, 0) is 19.1 Å². The van der Waals surface area contributed by atoms with Crippen LogP contribution in [0.2, 0.25) is 0 Å². The Bertz CT molecular complexity index is 540. The number of ether oxygens (including phenoxy) is 2. The summed E-state index contributed by atoms with van der Waals surface area (Å²) in [6, 6.07) is 7.26. The Balaban J connectivity index is 1.81. The standard InChI is InChI=1S/C14H17N3O3/c1-2-19-11-5-3-4-6-12(11)20-10-14(18)17-9-13-15-7-8-16-13/h3-8H,2,9-10H2,1H3,(H,15,16)(H,17,18). The van der Waals surface area contributed by atoms with Gasteiger partial charge in [-0.25, -0.2) is 4.98 Å². The van der Waals surface area contributed by atoms with Gasteiger partial charge in [-0.15, -0.1) is 0 Å². The predicted octanol–water partition coefficient (Wildman–Crippen LogP) is 1.50. The number of H-pyrrole nitrogens is 1. The van der Waals surface area contributed by atoms with Crippen LogP contribution < -0.4 is 14.8 Å². The van der Waals surface area contributed by atoms with Crippen LogP contribution in [-0.2, 0) is 11.3 Å². The summed E-state index contributed by atoms with van der Waals surface area (Å²) in [5.41, 5.74) is 0. The summed E-state index contributed by atoms with van der Waals surface area (Å²) >= 11 is 0. The lowest BCUT2D eigenvalue weighted by molar-refractivity contribution is -0.123. The summed E-state index contributed by atoms with van der Waals surface area (Å²) in [7, 11) is 0. The van der Waals surface area contributed by atoms with E-state index in [-0.39, 0.29) is 12.5 Å². The van der Waals surface area contributed by atoms with Gasteiger partial charge in [-0.3, -0.25) is 4.79 Å². The molecule has 1 heterocycles. The van der Waals surface area contributed by atoms with Crippen molar-refractivity contribution in [2.45, 2.75) is 13.5 Å². The fourth-order valence-electron chi connectivity index (χ4n) is 1.62. The highest BCUT2D eigenvalue weighted by Gasteiger charge is 2.07. The van der Waals surface area contributed by atoms with E-state index in [2.05, 4.69) is 15.3 Å². The average molecular weight is 275 g/mol. The van der Waals surface area contributed by atoms with E-state index < -0.39 is 0 Å². The molecule has 0 aliphatic carbocycles. The molecule has 6 heteroatoms. The Morgan fingerprint density at radius 2 is 2.05 bits per heavy atom. The van der Waals surface area contributed by atoms with Crippen molar-refractivity contribution in [1.29, 1.82) is 0 Å². The number of carbonyl (C=O) groups is 1. The van der Waals surface area contributed by atoms with Gasteiger partial charge in [0.15, 0.2) is 18.1 Å². The van der Waals surface area contributed by atoms with Crippen LogP contribution in [0.5, 0.6) is 11.5 Å². The number of benzene rings is 1. The first-order chi connectivity index (χ1) is 9.79. The van der Waals surface area contributed by atoms with Gasteiger partial charge in [0.1, 0.15) is 5.82 Å². The minimum atomic E-state index is -0.215. The van der Waals surface area contributed by atoms with Crippen LogP contribution in [0.1, 0.15) is 12.7 Å². The molecule has 1 amide bonds. The molecule has 2 N–H and O–H groups in total. The number of aromatic amines is 1. The highest BCUT2D eigenvalue weighted by Crippen LogP contribution is 2.26. The topological polar surface area (TPSA) is 76.2 Å². The van der Waals surface area contributed by atoms with E-state index in [0.717, 1.165) is 0 Å². The van der Waals surface area contributed by atoms with Crippen molar-refractivity contribution in [3.05, 3.63) is 42.5 Å². The molecular weight excluding hydrogens is 258 g/mol. The zero-order valence-electron chi connectivity index (χ0n) is 11.3. The van der Waals surface area contributed by atoms with Crippen LogP contribution in [0.3, 0.4) is 0 Å². The summed E-state index contributed by atoms with van der Waals surface area (Å²) in [5.74, 6) is 1.68. The highest BCUT2D eigenvalue weighted by molar-refractivity contribution is 5.77. The summed E-state index contributed by atoms with van der Waals surface area (Å²) in [5, 5.41) is 2.71. The number of carbonyl (C=O) groups excluding carboxylic acids is 1. The molecule has 0 saturated carbocycles. The molecule has 2 aromatic rings. The van der Waals surface area contributed by atoms with Crippen molar-refractivity contribution in [2.75, 3.05) is 13.2 Å². The van der Waals surface area contributed by atoms with Crippen LogP contribution in [-0.4, -0.2) is 29.1 Å². The summed E-state index contributed by atoms with van der Waals surface area (Å²) < 4.78 is 10.9. The monoisotopic (exact) mass is 275 g/mol. The number of rotatable bonds is 7. The molecule has 1 aromatic carbocycles. The predicted molar refractivity (Wildman–Crippen MR) is 73.5 cm³/mol. The van der Waals surface area contributed by atoms with E-state index in [1.807, 2.05) is 19.1 Å². The minimum Gasteiger partial charge on any atom is -0.490 e. The SMILES string of the molecule is CCOc1ccccc1OCC(=O)NCc1ncc[nH]1. The van der Waals surface area contributed by atoms with E-state index in [0.29, 0.717) is 30.5 Å². The zero-order valence-corrected chi connectivity index (χ0v) is 11.3. The lowest BCUT2D eigenvalue weighted by Crippen LogP contribution is -2.28. The third-order valence-corrected chi connectivity index (χ3v) is 2.52. The van der Waals surface area contributed by atoms with Crippen molar-refractivity contribution < 1.29 is 14.3 Å². The second-order valence-electron chi connectivity index (χ2n) is 3.98. The first kappa shape index (κ1) is 13.9. The zero-order chi connectivity index (χ0) is 14.2.